The van der Waals surface area contributed by atoms with Gasteiger partial charge in [-0.3, -0.25) is 9.69 Å². The lowest BCUT2D eigenvalue weighted by molar-refractivity contribution is 0.0836. The molecule has 2 aliphatic rings. The minimum absolute atomic E-state index is 0.0285. The topological polar surface area (TPSA) is 113 Å². The lowest BCUT2D eigenvalue weighted by Gasteiger charge is -2.31. The number of carbonyl (C=O) groups is 1. The number of ketones is 1. The normalized spacial score (nSPS) is 16.1. The maximum absolute atomic E-state index is 13.2. The molecule has 1 fully saturated rings. The molecule has 1 aliphatic heterocycles. The number of aromatic nitrogens is 2. The van der Waals surface area contributed by atoms with E-state index in [1.807, 2.05) is 31.1 Å². The highest BCUT2D eigenvalue weighted by molar-refractivity contribution is 6.33. The third-order valence-corrected chi connectivity index (χ3v) is 8.19. The molecule has 5 rings (SSSR count). The summed E-state index contributed by atoms with van der Waals surface area (Å²) in [7, 11) is 3.97. The summed E-state index contributed by atoms with van der Waals surface area (Å²) >= 11 is 6.67. The molecular weight excluding hydrogens is 558 g/mol. The smallest absolute Gasteiger partial charge is 0.215 e. The number of nitrogens with zero attached hydrogens (tertiary/aromatic N) is 4. The summed E-state index contributed by atoms with van der Waals surface area (Å²) in [6.45, 7) is 3.42. The number of anilines is 1. The monoisotopic (exact) mass is 597 g/mol. The van der Waals surface area contributed by atoms with Gasteiger partial charge in [0.25, 0.3) is 0 Å². The van der Waals surface area contributed by atoms with E-state index >= 15 is 0 Å². The molecule has 1 aliphatic carbocycles. The molecule has 2 aromatic heterocycles. The van der Waals surface area contributed by atoms with Crippen molar-refractivity contribution in [1.82, 2.24) is 19.8 Å². The van der Waals surface area contributed by atoms with Gasteiger partial charge in [0.2, 0.25) is 5.88 Å². The number of carbonyl (C=O) groups excluding carboxylic acids is 1. The van der Waals surface area contributed by atoms with Gasteiger partial charge in [0.15, 0.2) is 17.9 Å². The Balaban J connectivity index is 1.13. The van der Waals surface area contributed by atoms with E-state index in [0.717, 1.165) is 43.5 Å². The van der Waals surface area contributed by atoms with Crippen molar-refractivity contribution in [3.63, 3.8) is 0 Å². The largest absolute Gasteiger partial charge is 0.484 e. The van der Waals surface area contributed by atoms with E-state index in [0.29, 0.717) is 66.0 Å². The summed E-state index contributed by atoms with van der Waals surface area (Å²) in [5.41, 5.74) is 2.74. The highest BCUT2D eigenvalue weighted by Crippen LogP contribution is 2.34. The van der Waals surface area contributed by atoms with Gasteiger partial charge < -0.3 is 29.2 Å². The van der Waals surface area contributed by atoms with Gasteiger partial charge in [0.1, 0.15) is 24.8 Å². The van der Waals surface area contributed by atoms with Crippen molar-refractivity contribution in [1.29, 1.82) is 0 Å². The third kappa shape index (κ3) is 8.22. The van der Waals surface area contributed by atoms with Crippen LogP contribution in [0, 0.1) is 0 Å². The van der Waals surface area contributed by atoms with E-state index in [9.17, 15) is 9.90 Å². The molecule has 0 saturated heterocycles. The number of β-amino-alcohol motifs (C(OH)–C–C–N with tert-alkyl or cyclic N) is 1. The zero-order valence-electron chi connectivity index (χ0n) is 24.4. The SMILES string of the molecule is CN(C)CCOc1cc(C(=O)CC[C@H](O)CN2CCc3c(ccc(OCc4cnco4)c3Cl)C2)cc(NC2CCC2)n1. The number of fused-ring (bicyclic) bond motifs is 1. The van der Waals surface area contributed by atoms with Crippen LogP contribution in [0.3, 0.4) is 0 Å². The van der Waals surface area contributed by atoms with E-state index in [1.54, 1.807) is 18.3 Å². The van der Waals surface area contributed by atoms with Crippen LogP contribution in [-0.2, 0) is 19.6 Å². The predicted octanol–water partition coefficient (Wildman–Crippen LogP) is 4.59. The molecule has 1 aromatic carbocycles. The lowest BCUT2D eigenvalue weighted by Crippen LogP contribution is -2.37. The molecule has 0 amide bonds. The molecule has 0 bridgehead atoms. The van der Waals surface area contributed by atoms with Gasteiger partial charge in [0.05, 0.1) is 17.3 Å². The first-order valence-corrected chi connectivity index (χ1v) is 15.0. The third-order valence-electron chi connectivity index (χ3n) is 7.77. The number of aliphatic hydroxyl groups excluding tert-OH is 1. The molecule has 2 N–H and O–H groups in total. The number of halogens is 1. The minimum Gasteiger partial charge on any atom is -0.484 e. The first kappa shape index (κ1) is 30.3. The summed E-state index contributed by atoms with van der Waals surface area (Å²) in [6.07, 6.45) is 7.15. The van der Waals surface area contributed by atoms with Crippen molar-refractivity contribution in [2.24, 2.45) is 0 Å². The first-order valence-electron chi connectivity index (χ1n) is 14.6. The van der Waals surface area contributed by atoms with Gasteiger partial charge in [0, 0.05) is 50.3 Å². The molecule has 3 aromatic rings. The number of hydrogen-bond acceptors (Lipinski definition) is 10. The second-order valence-electron chi connectivity index (χ2n) is 11.4. The fraction of sp³-hybridized carbons (Fsp3) is 0.516. The van der Waals surface area contributed by atoms with Gasteiger partial charge in [-0.15, -0.1) is 0 Å². The van der Waals surface area contributed by atoms with Crippen LogP contribution in [0.5, 0.6) is 11.6 Å². The Hall–Kier alpha value is -3.18. The molecular formula is C31H40ClN5O5. The standard InChI is InChI=1S/C31H40ClN5O5/c1-36(2)12-13-40-30-15-22(14-29(35-30)34-23-4-3-5-23)27(39)8-7-24(38)18-37-11-10-26-21(17-37)6-9-28(31(26)32)41-19-25-16-33-20-42-25/h6,9,14-16,20,23-24,38H,3-5,7-8,10-13,17-19H2,1-2H3,(H,34,35)/t24-/m0/s1. The molecule has 0 radical (unpaired) electrons. The number of ether oxygens (including phenoxy) is 2. The van der Waals surface area contributed by atoms with Crippen molar-refractivity contribution >= 4 is 23.2 Å². The Morgan fingerprint density at radius 3 is 2.88 bits per heavy atom. The van der Waals surface area contributed by atoms with Gasteiger partial charge in [-0.1, -0.05) is 17.7 Å². The van der Waals surface area contributed by atoms with Crippen LogP contribution in [-0.4, -0.2) is 83.1 Å². The number of likely N-dealkylation sites (N-methyl/N-ethyl adjacent to an activating group) is 1. The zero-order chi connectivity index (χ0) is 29.5. The van der Waals surface area contributed by atoms with Crippen LogP contribution in [0.1, 0.15) is 59.3 Å². The molecule has 11 heteroatoms. The van der Waals surface area contributed by atoms with Crippen molar-refractivity contribution in [3.8, 4) is 11.6 Å². The van der Waals surface area contributed by atoms with E-state index in [1.165, 1.54) is 12.8 Å². The molecule has 1 atom stereocenters. The number of rotatable bonds is 15. The number of Topliss-reactive ketones (excluding diaryl/α,β-unsaturated/α-hetero) is 1. The molecule has 0 unspecified atom stereocenters. The second kappa shape index (κ2) is 14.3. The number of oxazole rings is 1. The summed E-state index contributed by atoms with van der Waals surface area (Å²) in [6, 6.07) is 7.81. The number of hydrogen-bond donors (Lipinski definition) is 2. The van der Waals surface area contributed by atoms with E-state index in [2.05, 4.69) is 20.2 Å². The first-order chi connectivity index (χ1) is 20.3. The second-order valence-corrected chi connectivity index (χ2v) is 11.8. The van der Waals surface area contributed by atoms with Gasteiger partial charge in [-0.05, 0) is 69.5 Å². The lowest BCUT2D eigenvalue weighted by atomic mass is 9.93. The fourth-order valence-electron chi connectivity index (χ4n) is 5.12. The quantitative estimate of drug-likeness (QED) is 0.241. The Labute approximate surface area is 252 Å². The van der Waals surface area contributed by atoms with E-state index in [4.69, 9.17) is 25.5 Å². The molecule has 226 valence electrons. The van der Waals surface area contributed by atoms with Crippen LogP contribution in [0.15, 0.2) is 41.3 Å². The van der Waals surface area contributed by atoms with Crippen molar-refractivity contribution in [2.45, 2.75) is 63.8 Å². The fourth-order valence-corrected chi connectivity index (χ4v) is 5.45. The van der Waals surface area contributed by atoms with Gasteiger partial charge in [-0.2, -0.15) is 4.98 Å². The highest BCUT2D eigenvalue weighted by atomic mass is 35.5. The molecule has 42 heavy (non-hydrogen) atoms. The number of nitrogens with one attached hydrogen (secondary N) is 1. The Bertz CT molecular complexity index is 1330. The van der Waals surface area contributed by atoms with Crippen LogP contribution in [0.4, 0.5) is 5.82 Å². The van der Waals surface area contributed by atoms with Crippen molar-refractivity contribution < 1.29 is 23.8 Å². The van der Waals surface area contributed by atoms with Crippen LogP contribution in [0.2, 0.25) is 5.02 Å². The molecule has 10 nitrogen and oxygen atoms in total. The highest BCUT2D eigenvalue weighted by Gasteiger charge is 2.24. The summed E-state index contributed by atoms with van der Waals surface area (Å²) in [5.74, 6) is 2.34. The maximum Gasteiger partial charge on any atom is 0.215 e. The Kier molecular flexibility index (Phi) is 10.3. The summed E-state index contributed by atoms with van der Waals surface area (Å²) in [4.78, 5) is 25.9. The number of benzene rings is 1. The zero-order valence-corrected chi connectivity index (χ0v) is 25.1. The van der Waals surface area contributed by atoms with Crippen LogP contribution >= 0.6 is 11.6 Å². The molecule has 3 heterocycles. The van der Waals surface area contributed by atoms with E-state index in [-0.39, 0.29) is 18.8 Å². The minimum atomic E-state index is -0.624. The molecule has 1 saturated carbocycles. The predicted molar refractivity (Wildman–Crippen MR) is 160 cm³/mol. The number of pyridine rings is 1. The van der Waals surface area contributed by atoms with Gasteiger partial charge in [-0.25, -0.2) is 4.98 Å². The maximum atomic E-state index is 13.2. The van der Waals surface area contributed by atoms with Crippen LogP contribution in [0.25, 0.3) is 0 Å². The number of aliphatic hydroxyl groups is 1. The summed E-state index contributed by atoms with van der Waals surface area (Å²) < 4.78 is 16.9. The van der Waals surface area contributed by atoms with Crippen molar-refractivity contribution in [3.05, 3.63) is 64.3 Å². The van der Waals surface area contributed by atoms with Crippen LogP contribution < -0.4 is 14.8 Å². The van der Waals surface area contributed by atoms with Gasteiger partial charge >= 0.3 is 0 Å². The average molecular weight is 598 g/mol. The summed E-state index contributed by atoms with van der Waals surface area (Å²) in [5, 5.41) is 14.9. The Morgan fingerprint density at radius 1 is 1.29 bits per heavy atom. The average Bonchev–Trinajstić information content (AvgIpc) is 3.47. The van der Waals surface area contributed by atoms with E-state index < -0.39 is 6.10 Å². The molecule has 0 spiro atoms. The van der Waals surface area contributed by atoms with Crippen molar-refractivity contribution in [2.75, 3.05) is 45.7 Å². The Morgan fingerprint density at radius 2 is 2.14 bits per heavy atom.